The summed E-state index contributed by atoms with van der Waals surface area (Å²) in [4.78, 5) is 11.3. The van der Waals surface area contributed by atoms with Crippen molar-refractivity contribution in [3.8, 4) is 16.9 Å². The van der Waals surface area contributed by atoms with Gasteiger partial charge in [0.15, 0.2) is 0 Å². The maximum absolute atomic E-state index is 11.3. The molecule has 6 N–H and O–H groups in total. The maximum atomic E-state index is 11.3. The van der Waals surface area contributed by atoms with Crippen LogP contribution in [0.3, 0.4) is 0 Å². The molecule has 0 aliphatic rings. The van der Waals surface area contributed by atoms with Crippen LogP contribution in [-0.4, -0.2) is 12.5 Å². The molecule has 3 aromatic rings. The molecule has 172 valence electrons. The monoisotopic (exact) mass is 484 g/mol. The molecule has 3 rings (SSSR count). The minimum Gasteiger partial charge on any atom is -0.487 e. The summed E-state index contributed by atoms with van der Waals surface area (Å²) >= 11 is 12.7. The van der Waals surface area contributed by atoms with Gasteiger partial charge in [0.1, 0.15) is 12.4 Å². The molecule has 0 atom stereocenters. The van der Waals surface area contributed by atoms with Crippen LogP contribution in [0.25, 0.3) is 11.1 Å². The number of nitrogens with zero attached hydrogens (tertiary/aromatic N) is 1. The van der Waals surface area contributed by atoms with Gasteiger partial charge in [-0.15, -0.1) is 0 Å². The van der Waals surface area contributed by atoms with Crippen LogP contribution in [0.15, 0.2) is 78.1 Å². The fraction of sp³-hybridized carbons (Fsp3) is 0.160. The van der Waals surface area contributed by atoms with Gasteiger partial charge in [-0.2, -0.15) is 0 Å². The molecule has 0 radical (unpaired) electrons. The predicted octanol–water partition coefficient (Wildman–Crippen LogP) is 5.34. The van der Waals surface area contributed by atoms with Crippen LogP contribution >= 0.6 is 23.2 Å². The third-order valence-corrected chi connectivity index (χ3v) is 5.77. The lowest BCUT2D eigenvalue weighted by molar-refractivity contribution is 0.100. The molecule has 0 aliphatic heterocycles. The molecule has 6 nitrogen and oxygen atoms in total. The van der Waals surface area contributed by atoms with Gasteiger partial charge in [0.2, 0.25) is 5.91 Å². The number of carbonyl (C=O) groups is 1. The number of rotatable bonds is 8. The van der Waals surface area contributed by atoms with Gasteiger partial charge in [0.25, 0.3) is 0 Å². The third-order valence-electron chi connectivity index (χ3n) is 5.16. The molecule has 8 heteroatoms. The fourth-order valence-corrected chi connectivity index (χ4v) is 3.78. The van der Waals surface area contributed by atoms with Crippen molar-refractivity contribution in [2.45, 2.75) is 13.8 Å². The SMILES string of the molecule is CC(C)/C(N)=C(\COc1ccc(-c2ccc(C(N)=O)cc2)cc1)N(N)c1c(Cl)cccc1Cl. The summed E-state index contributed by atoms with van der Waals surface area (Å²) < 4.78 is 6.00. The van der Waals surface area contributed by atoms with Gasteiger partial charge in [0, 0.05) is 11.3 Å². The summed E-state index contributed by atoms with van der Waals surface area (Å²) in [6, 6.07) is 19.8. The number of benzene rings is 3. The molecule has 0 fully saturated rings. The van der Waals surface area contributed by atoms with E-state index in [2.05, 4.69) is 0 Å². The number of hydrogen-bond acceptors (Lipinski definition) is 5. The van der Waals surface area contributed by atoms with Gasteiger partial charge >= 0.3 is 0 Å². The van der Waals surface area contributed by atoms with E-state index in [0.717, 1.165) is 11.1 Å². The highest BCUT2D eigenvalue weighted by molar-refractivity contribution is 6.39. The highest BCUT2D eigenvalue weighted by Crippen LogP contribution is 2.34. The van der Waals surface area contributed by atoms with Crippen LogP contribution in [-0.2, 0) is 0 Å². The molecule has 0 aromatic heterocycles. The lowest BCUT2D eigenvalue weighted by atomic mass is 10.0. The van der Waals surface area contributed by atoms with Gasteiger partial charge in [-0.05, 0) is 53.4 Å². The number of hydrazine groups is 1. The summed E-state index contributed by atoms with van der Waals surface area (Å²) in [5, 5.41) is 2.20. The van der Waals surface area contributed by atoms with Crippen molar-refractivity contribution in [2.75, 3.05) is 11.6 Å². The average Bonchev–Trinajstić information content (AvgIpc) is 2.79. The highest BCUT2D eigenvalue weighted by Gasteiger charge is 2.20. The number of carbonyl (C=O) groups excluding carboxylic acids is 1. The number of primary amides is 1. The average molecular weight is 485 g/mol. The van der Waals surface area contributed by atoms with Crippen molar-refractivity contribution >= 4 is 34.8 Å². The van der Waals surface area contributed by atoms with E-state index in [0.29, 0.717) is 38.4 Å². The Morgan fingerprint density at radius 3 is 1.91 bits per heavy atom. The topological polar surface area (TPSA) is 108 Å². The lowest BCUT2D eigenvalue weighted by Gasteiger charge is -2.27. The van der Waals surface area contributed by atoms with Gasteiger partial charge in [-0.3, -0.25) is 9.80 Å². The van der Waals surface area contributed by atoms with E-state index in [-0.39, 0.29) is 12.5 Å². The van der Waals surface area contributed by atoms with Crippen LogP contribution in [0, 0.1) is 5.92 Å². The summed E-state index contributed by atoms with van der Waals surface area (Å²) in [7, 11) is 0. The first kappa shape index (κ1) is 24.5. The van der Waals surface area contributed by atoms with Crippen LogP contribution in [0.5, 0.6) is 5.75 Å². The Kier molecular flexibility index (Phi) is 7.87. The second kappa shape index (κ2) is 10.6. The number of halogens is 2. The first-order chi connectivity index (χ1) is 15.7. The van der Waals surface area contributed by atoms with E-state index >= 15 is 0 Å². The van der Waals surface area contributed by atoms with Crippen molar-refractivity contribution in [3.63, 3.8) is 0 Å². The summed E-state index contributed by atoms with van der Waals surface area (Å²) in [6.45, 7) is 4.06. The van der Waals surface area contributed by atoms with Crippen molar-refractivity contribution in [1.29, 1.82) is 0 Å². The van der Waals surface area contributed by atoms with E-state index in [1.54, 1.807) is 30.3 Å². The van der Waals surface area contributed by atoms with Crippen molar-refractivity contribution < 1.29 is 9.53 Å². The van der Waals surface area contributed by atoms with Gasteiger partial charge in [-0.1, -0.05) is 67.4 Å². The van der Waals surface area contributed by atoms with E-state index in [4.69, 9.17) is 45.2 Å². The molecular formula is C25H26Cl2N4O2. The number of hydrogen-bond donors (Lipinski definition) is 3. The van der Waals surface area contributed by atoms with Crippen LogP contribution in [0.1, 0.15) is 24.2 Å². The number of para-hydroxylation sites is 1. The minimum absolute atomic E-state index is 0.0293. The van der Waals surface area contributed by atoms with Crippen molar-refractivity contribution in [3.05, 3.63) is 93.7 Å². The molecule has 0 aliphatic carbocycles. The molecule has 0 spiro atoms. The Balaban J connectivity index is 1.80. The Morgan fingerprint density at radius 2 is 1.42 bits per heavy atom. The van der Waals surface area contributed by atoms with Gasteiger partial charge in [-0.25, -0.2) is 5.84 Å². The smallest absolute Gasteiger partial charge is 0.248 e. The highest BCUT2D eigenvalue weighted by atomic mass is 35.5. The first-order valence-electron chi connectivity index (χ1n) is 10.3. The quantitative estimate of drug-likeness (QED) is 0.295. The van der Waals surface area contributed by atoms with Gasteiger partial charge < -0.3 is 16.2 Å². The zero-order valence-electron chi connectivity index (χ0n) is 18.4. The lowest BCUT2D eigenvalue weighted by Crippen LogP contribution is -2.36. The number of nitrogens with two attached hydrogens (primary N) is 3. The number of anilines is 1. The molecule has 0 heterocycles. The maximum Gasteiger partial charge on any atom is 0.248 e. The Hall–Kier alpha value is -3.19. The standard InChI is InChI=1S/C25H26Cl2N4O2/c1-15(2)23(28)22(31(30)24-20(26)4-3-5-21(24)27)14-33-19-12-10-17(11-13-19)16-6-8-18(9-7-16)25(29)32/h3-13,15H,14,28,30H2,1-2H3,(H2,29,32)/b23-22-. The van der Waals surface area contributed by atoms with E-state index < -0.39 is 5.91 Å². The second-order valence-electron chi connectivity index (χ2n) is 7.75. The van der Waals surface area contributed by atoms with Crippen molar-refractivity contribution in [2.24, 2.45) is 23.2 Å². The zero-order valence-corrected chi connectivity index (χ0v) is 19.9. The Bertz CT molecular complexity index is 1140. The minimum atomic E-state index is -0.457. The van der Waals surface area contributed by atoms with Gasteiger partial charge in [0.05, 0.1) is 21.4 Å². The molecule has 0 saturated carbocycles. The third kappa shape index (κ3) is 5.79. The molecule has 33 heavy (non-hydrogen) atoms. The normalized spacial score (nSPS) is 11.8. The first-order valence-corrected chi connectivity index (χ1v) is 11.0. The fourth-order valence-electron chi connectivity index (χ4n) is 3.20. The van der Waals surface area contributed by atoms with E-state index in [9.17, 15) is 4.79 Å². The van der Waals surface area contributed by atoms with Crippen LogP contribution in [0.4, 0.5) is 5.69 Å². The van der Waals surface area contributed by atoms with Crippen molar-refractivity contribution in [1.82, 2.24) is 0 Å². The molecule has 3 aromatic carbocycles. The molecule has 1 amide bonds. The zero-order chi connectivity index (χ0) is 24.1. The number of allylic oxidation sites excluding steroid dienone is 1. The summed E-state index contributed by atoms with van der Waals surface area (Å²) in [5.74, 6) is 6.60. The molecular weight excluding hydrogens is 459 g/mol. The summed E-state index contributed by atoms with van der Waals surface area (Å²) in [6.07, 6.45) is 0. The molecule has 0 bridgehead atoms. The summed E-state index contributed by atoms with van der Waals surface area (Å²) in [5.41, 5.74) is 15.6. The van der Waals surface area contributed by atoms with Crippen LogP contribution in [0.2, 0.25) is 10.0 Å². The van der Waals surface area contributed by atoms with E-state index in [1.807, 2.05) is 50.2 Å². The largest absolute Gasteiger partial charge is 0.487 e. The number of ether oxygens (including phenoxy) is 1. The Labute approximate surface area is 203 Å². The predicted molar refractivity (Wildman–Crippen MR) is 135 cm³/mol. The molecule has 0 saturated heterocycles. The van der Waals surface area contributed by atoms with E-state index in [1.165, 1.54) is 5.01 Å². The second-order valence-corrected chi connectivity index (χ2v) is 8.57. The number of amides is 1. The Morgan fingerprint density at radius 1 is 0.909 bits per heavy atom. The molecule has 0 unspecified atom stereocenters. The van der Waals surface area contributed by atoms with Crippen LogP contribution < -0.4 is 27.1 Å².